The van der Waals surface area contributed by atoms with E-state index >= 15 is 0 Å². The molecule has 1 aromatic carbocycles. The summed E-state index contributed by atoms with van der Waals surface area (Å²) in [7, 11) is 3.23. The number of hydrogen-bond donors (Lipinski definition) is 0. The molecule has 1 atom stereocenters. The third kappa shape index (κ3) is 2.67. The number of rotatable bonds is 4. The van der Waals surface area contributed by atoms with Gasteiger partial charge in [-0.15, -0.1) is 0 Å². The minimum Gasteiger partial charge on any atom is -0.493 e. The third-order valence-electron chi connectivity index (χ3n) is 5.05. The van der Waals surface area contributed by atoms with Crippen molar-refractivity contribution in [3.8, 4) is 5.75 Å². The molecule has 1 saturated heterocycles. The molecule has 0 aromatic heterocycles. The normalized spacial score (nSPS) is 21.2. The summed E-state index contributed by atoms with van der Waals surface area (Å²) in [4.78, 5) is 35.0. The second-order valence-electron chi connectivity index (χ2n) is 7.06. The molecule has 0 radical (unpaired) electrons. The number of fused-ring (bicyclic) bond motifs is 2. The van der Waals surface area contributed by atoms with Crippen LogP contribution in [0.4, 0.5) is 10.5 Å². The van der Waals surface area contributed by atoms with Gasteiger partial charge in [-0.1, -0.05) is 28.7 Å². The fourth-order valence-corrected chi connectivity index (χ4v) is 3.94. The molecule has 0 saturated carbocycles. The lowest BCUT2D eigenvalue weighted by atomic mass is 10.1. The van der Waals surface area contributed by atoms with Crippen LogP contribution in [0.1, 0.15) is 6.92 Å². The molecule has 9 heteroatoms. The second kappa shape index (κ2) is 6.63. The maximum absolute atomic E-state index is 13.1. The smallest absolute Gasteiger partial charge is 0.397 e. The zero-order chi connectivity index (χ0) is 20.2. The van der Waals surface area contributed by atoms with Crippen molar-refractivity contribution >= 4 is 41.0 Å². The highest BCUT2D eigenvalue weighted by Gasteiger charge is 2.55. The molecule has 4 rings (SSSR count). The molecule has 3 aliphatic heterocycles. The van der Waals surface area contributed by atoms with Gasteiger partial charge in [-0.05, 0) is 25.1 Å². The van der Waals surface area contributed by atoms with Crippen molar-refractivity contribution in [2.45, 2.75) is 13.0 Å². The molecular formula is C19H21ClN5O3+. The highest BCUT2D eigenvalue weighted by molar-refractivity contribution is 6.31. The minimum atomic E-state index is -0.618. The summed E-state index contributed by atoms with van der Waals surface area (Å²) in [5.41, 5.74) is 1.51. The van der Waals surface area contributed by atoms with Crippen LogP contribution in [0.5, 0.6) is 5.75 Å². The van der Waals surface area contributed by atoms with E-state index in [-0.39, 0.29) is 12.5 Å². The van der Waals surface area contributed by atoms with Crippen molar-refractivity contribution in [2.75, 3.05) is 38.7 Å². The molecule has 0 N–H and O–H groups in total. The van der Waals surface area contributed by atoms with Crippen LogP contribution in [0.15, 0.2) is 35.3 Å². The first kappa shape index (κ1) is 18.5. The van der Waals surface area contributed by atoms with Crippen LogP contribution < -0.4 is 9.64 Å². The minimum absolute atomic E-state index is 0.195. The number of ether oxygens (including phenoxy) is 1. The maximum Gasteiger partial charge on any atom is 0.397 e. The Hall–Kier alpha value is -2.87. The van der Waals surface area contributed by atoms with Gasteiger partial charge in [-0.25, -0.2) is 14.3 Å². The number of anilines is 1. The first-order valence-electron chi connectivity index (χ1n) is 8.90. The van der Waals surface area contributed by atoms with Crippen molar-refractivity contribution in [3.05, 3.63) is 35.4 Å². The van der Waals surface area contributed by atoms with Crippen LogP contribution in [0, 0.1) is 0 Å². The summed E-state index contributed by atoms with van der Waals surface area (Å²) in [6.07, 6.45) is 0. The fourth-order valence-electron chi connectivity index (χ4n) is 3.78. The topological polar surface area (TPSA) is 68.5 Å². The van der Waals surface area contributed by atoms with Crippen molar-refractivity contribution in [1.29, 1.82) is 0 Å². The number of methoxy groups -OCH3 is 1. The highest BCUT2D eigenvalue weighted by Crippen LogP contribution is 2.34. The summed E-state index contributed by atoms with van der Waals surface area (Å²) >= 11 is 6.19. The highest BCUT2D eigenvalue weighted by atomic mass is 35.5. The Bertz CT molecular complexity index is 970. The number of benzene rings is 1. The number of imide groups is 1. The van der Waals surface area contributed by atoms with Gasteiger partial charge in [0.25, 0.3) is 5.91 Å². The molecule has 8 nitrogen and oxygen atoms in total. The SMILES string of the molecule is C=C(C)CN1C(=O)C2C(=NC3=[N+]2CCN3c2cc(Cl)ccc2OC)N(C)C1=O. The fraction of sp³-hybridized carbons (Fsp3) is 0.368. The van der Waals surface area contributed by atoms with Crippen LogP contribution in [0.2, 0.25) is 5.02 Å². The van der Waals surface area contributed by atoms with E-state index in [4.69, 9.17) is 16.3 Å². The summed E-state index contributed by atoms with van der Waals surface area (Å²) in [5.74, 6) is 1.44. The number of amidine groups is 1. The molecule has 28 heavy (non-hydrogen) atoms. The molecule has 3 aliphatic rings. The van der Waals surface area contributed by atoms with Gasteiger partial charge >= 0.3 is 12.0 Å². The average Bonchev–Trinajstić information content (AvgIpc) is 3.22. The van der Waals surface area contributed by atoms with Crippen molar-refractivity contribution in [3.63, 3.8) is 0 Å². The summed E-state index contributed by atoms with van der Waals surface area (Å²) in [5, 5.41) is 0.578. The summed E-state index contributed by atoms with van der Waals surface area (Å²) < 4.78 is 7.39. The number of amides is 3. The second-order valence-corrected chi connectivity index (χ2v) is 7.49. The Balaban J connectivity index is 1.76. The van der Waals surface area contributed by atoms with Gasteiger partial charge in [-0.3, -0.25) is 14.6 Å². The van der Waals surface area contributed by atoms with Crippen LogP contribution in [0.3, 0.4) is 0 Å². The molecule has 146 valence electrons. The number of guanidine groups is 1. The van der Waals surface area contributed by atoms with E-state index in [0.717, 1.165) is 11.3 Å². The van der Waals surface area contributed by atoms with Gasteiger partial charge < -0.3 is 4.74 Å². The zero-order valence-electron chi connectivity index (χ0n) is 16.0. The van der Waals surface area contributed by atoms with Crippen LogP contribution in [-0.4, -0.2) is 77.9 Å². The van der Waals surface area contributed by atoms with Gasteiger partial charge in [0.2, 0.25) is 11.9 Å². The van der Waals surface area contributed by atoms with Crippen LogP contribution in [0.25, 0.3) is 0 Å². The van der Waals surface area contributed by atoms with Crippen molar-refractivity contribution < 1.29 is 18.9 Å². The van der Waals surface area contributed by atoms with E-state index in [1.165, 1.54) is 9.80 Å². The Labute approximate surface area is 167 Å². The Kier molecular flexibility index (Phi) is 4.38. The number of urea groups is 1. The van der Waals surface area contributed by atoms with E-state index < -0.39 is 12.1 Å². The number of nitrogens with zero attached hydrogens (tertiary/aromatic N) is 5. The number of likely N-dealkylation sites (N-methyl/N-ethyl adjacent to an activating group) is 1. The molecule has 1 unspecified atom stereocenters. The van der Waals surface area contributed by atoms with Gasteiger partial charge in [0.15, 0.2) is 5.75 Å². The maximum atomic E-state index is 13.1. The molecular weight excluding hydrogens is 382 g/mol. The number of hydrogen-bond acceptors (Lipinski definition) is 5. The monoisotopic (exact) mass is 402 g/mol. The number of aliphatic imine (C=N–C) groups is 1. The molecule has 0 spiro atoms. The Morgan fingerprint density at radius 3 is 2.86 bits per heavy atom. The first-order chi connectivity index (χ1) is 13.3. The van der Waals surface area contributed by atoms with Gasteiger partial charge in [0, 0.05) is 12.1 Å². The Morgan fingerprint density at radius 2 is 2.18 bits per heavy atom. The molecule has 0 aliphatic carbocycles. The van der Waals surface area contributed by atoms with Crippen LogP contribution in [-0.2, 0) is 4.79 Å². The Morgan fingerprint density at radius 1 is 1.43 bits per heavy atom. The summed E-state index contributed by atoms with van der Waals surface area (Å²) in [6, 6.07) is 4.35. The first-order valence-corrected chi connectivity index (χ1v) is 9.28. The number of carbonyl (C=O) groups excluding carboxylic acids is 2. The zero-order valence-corrected chi connectivity index (χ0v) is 16.7. The largest absolute Gasteiger partial charge is 0.493 e. The molecule has 1 fully saturated rings. The molecule has 0 bridgehead atoms. The predicted molar refractivity (Wildman–Crippen MR) is 106 cm³/mol. The number of carbonyl (C=O) groups is 2. The predicted octanol–water partition coefficient (Wildman–Crippen LogP) is 1.79. The van der Waals surface area contributed by atoms with E-state index in [1.54, 1.807) is 33.2 Å². The van der Waals surface area contributed by atoms with Gasteiger partial charge in [0.1, 0.15) is 12.2 Å². The lowest BCUT2D eigenvalue weighted by Crippen LogP contribution is -2.62. The molecule has 3 amide bonds. The standard InChI is InChI=1S/C19H21ClN5O3/c1-11(2)10-25-17(26)15-16(22(3)19(25)27)21-18-23(7-8-24(15)18)13-9-12(20)5-6-14(13)28-4/h5-6,9,15H,1,7-8,10H2,2-4H3/q+1. The van der Waals surface area contributed by atoms with E-state index in [2.05, 4.69) is 11.6 Å². The molecule has 3 heterocycles. The van der Waals surface area contributed by atoms with E-state index in [1.807, 2.05) is 15.5 Å². The van der Waals surface area contributed by atoms with Gasteiger partial charge in [-0.2, -0.15) is 0 Å². The lowest BCUT2D eigenvalue weighted by molar-refractivity contribution is -0.525. The van der Waals surface area contributed by atoms with E-state index in [9.17, 15) is 9.59 Å². The lowest BCUT2D eigenvalue weighted by Gasteiger charge is -2.34. The average molecular weight is 403 g/mol. The van der Waals surface area contributed by atoms with E-state index in [0.29, 0.717) is 35.7 Å². The van der Waals surface area contributed by atoms with Crippen molar-refractivity contribution in [2.24, 2.45) is 4.99 Å². The quantitative estimate of drug-likeness (QED) is 0.568. The molecule has 1 aromatic rings. The number of halogens is 1. The van der Waals surface area contributed by atoms with Gasteiger partial charge in [0.05, 0.1) is 20.2 Å². The summed E-state index contributed by atoms with van der Waals surface area (Å²) in [6.45, 7) is 7.04. The third-order valence-corrected chi connectivity index (χ3v) is 5.29. The van der Waals surface area contributed by atoms with Crippen molar-refractivity contribution in [1.82, 2.24) is 9.80 Å². The van der Waals surface area contributed by atoms with Crippen LogP contribution >= 0.6 is 11.6 Å².